The first-order valence-corrected chi connectivity index (χ1v) is 8.35. The van der Waals surface area contributed by atoms with E-state index in [0.29, 0.717) is 0 Å². The van der Waals surface area contributed by atoms with Gasteiger partial charge in [-0.25, -0.2) is 18.6 Å². The number of aromatic nitrogens is 3. The van der Waals surface area contributed by atoms with Crippen molar-refractivity contribution in [2.45, 2.75) is 31.3 Å². The van der Waals surface area contributed by atoms with Gasteiger partial charge in [-0.2, -0.15) is 13.8 Å². The molecule has 3 heterocycles. The summed E-state index contributed by atoms with van der Waals surface area (Å²) in [6, 6.07) is 2.55. The molecule has 1 spiro atoms. The van der Waals surface area contributed by atoms with Crippen LogP contribution in [0.3, 0.4) is 0 Å². The molecule has 8 nitrogen and oxygen atoms in total. The lowest BCUT2D eigenvalue weighted by Crippen LogP contribution is -2.39. The van der Waals surface area contributed by atoms with Gasteiger partial charge in [0.25, 0.3) is 5.92 Å². The van der Waals surface area contributed by atoms with E-state index >= 15 is 0 Å². The highest BCUT2D eigenvalue weighted by Crippen LogP contribution is 2.75. The number of amides is 1. The third kappa shape index (κ3) is 2.83. The number of piperidine rings is 1. The van der Waals surface area contributed by atoms with Crippen LogP contribution >= 0.6 is 0 Å². The Kier molecular flexibility index (Phi) is 4.16. The lowest BCUT2D eigenvalue weighted by atomic mass is 9.90. The first-order chi connectivity index (χ1) is 13.2. The minimum absolute atomic E-state index is 0.00109. The molecule has 2 fully saturated rings. The molecule has 1 saturated carbocycles. The molecule has 2 aromatic rings. The van der Waals surface area contributed by atoms with Crippen molar-refractivity contribution in [1.82, 2.24) is 20.0 Å². The molecule has 1 saturated heterocycles. The van der Waals surface area contributed by atoms with Crippen molar-refractivity contribution in [2.24, 2.45) is 5.41 Å². The maximum Gasteiger partial charge on any atom is 0.407 e. The number of ether oxygens (including phenoxy) is 1. The standard InChI is InChI=1S/C16H14F4N4O4/c17-13(18)27-9-7-8(1-4-21-9)11-22-12(28-23-11)10-15(16(10,19)20)2-5-24(6-3-15)14(25)26/h1,4,7,10,13H,2-3,5-6H2,(H,25,26). The number of likely N-dealkylation sites (tertiary alicyclic amines) is 1. The summed E-state index contributed by atoms with van der Waals surface area (Å²) >= 11 is 0. The number of hydrogen-bond acceptors (Lipinski definition) is 6. The SMILES string of the molecule is O=C(O)N1CCC2(CC1)C(c1nc(-c3ccnc(OC(F)F)c3)no1)C2(F)F. The van der Waals surface area contributed by atoms with E-state index < -0.39 is 30.0 Å². The van der Waals surface area contributed by atoms with Crippen molar-refractivity contribution in [2.75, 3.05) is 13.1 Å². The van der Waals surface area contributed by atoms with Crippen LogP contribution < -0.4 is 4.74 Å². The van der Waals surface area contributed by atoms with Crippen molar-refractivity contribution in [3.63, 3.8) is 0 Å². The van der Waals surface area contributed by atoms with Crippen LogP contribution in [0.1, 0.15) is 24.7 Å². The lowest BCUT2D eigenvalue weighted by molar-refractivity contribution is -0.0528. The molecule has 1 unspecified atom stereocenters. The first-order valence-electron chi connectivity index (χ1n) is 8.35. The molecule has 0 radical (unpaired) electrons. The topological polar surface area (TPSA) is 102 Å². The van der Waals surface area contributed by atoms with Crippen molar-refractivity contribution >= 4 is 6.09 Å². The fourth-order valence-corrected chi connectivity index (χ4v) is 3.79. The van der Waals surface area contributed by atoms with Crippen LogP contribution in [0.5, 0.6) is 5.88 Å². The van der Waals surface area contributed by atoms with Crippen LogP contribution in [-0.2, 0) is 0 Å². The summed E-state index contributed by atoms with van der Waals surface area (Å²) in [6.07, 6.45) is 0.0137. The Morgan fingerprint density at radius 3 is 2.71 bits per heavy atom. The van der Waals surface area contributed by atoms with Crippen molar-refractivity contribution < 1.29 is 36.7 Å². The van der Waals surface area contributed by atoms with Gasteiger partial charge in [-0.15, -0.1) is 0 Å². The van der Waals surface area contributed by atoms with Crippen molar-refractivity contribution in [3.8, 4) is 17.3 Å². The minimum atomic E-state index is -3.09. The van der Waals surface area contributed by atoms with Crippen molar-refractivity contribution in [1.29, 1.82) is 0 Å². The van der Waals surface area contributed by atoms with Gasteiger partial charge in [0.1, 0.15) is 5.92 Å². The Morgan fingerprint density at radius 1 is 1.36 bits per heavy atom. The fourth-order valence-electron chi connectivity index (χ4n) is 3.79. The molecular weight excluding hydrogens is 388 g/mol. The van der Waals surface area contributed by atoms with Gasteiger partial charge in [-0.1, -0.05) is 5.16 Å². The number of halogens is 4. The summed E-state index contributed by atoms with van der Waals surface area (Å²) < 4.78 is 62.9. The molecule has 150 valence electrons. The van der Waals surface area contributed by atoms with Gasteiger partial charge in [0.15, 0.2) is 0 Å². The maximum absolute atomic E-state index is 14.6. The largest absolute Gasteiger partial charge is 0.465 e. The monoisotopic (exact) mass is 402 g/mol. The molecular formula is C16H14F4N4O4. The first kappa shape index (κ1) is 18.4. The van der Waals surface area contributed by atoms with E-state index in [1.165, 1.54) is 12.3 Å². The molecule has 2 aliphatic rings. The highest BCUT2D eigenvalue weighted by Gasteiger charge is 2.82. The molecule has 0 bridgehead atoms. The summed E-state index contributed by atoms with van der Waals surface area (Å²) in [4.78, 5) is 19.7. The Hall–Kier alpha value is -2.92. The van der Waals surface area contributed by atoms with E-state index in [-0.39, 0.29) is 49.1 Å². The summed E-state index contributed by atoms with van der Waals surface area (Å²) in [7, 11) is 0. The highest BCUT2D eigenvalue weighted by molar-refractivity contribution is 5.65. The predicted molar refractivity (Wildman–Crippen MR) is 83.1 cm³/mol. The number of nitrogens with zero attached hydrogens (tertiary/aromatic N) is 4. The zero-order valence-corrected chi connectivity index (χ0v) is 14.2. The number of rotatable bonds is 4. The average Bonchev–Trinajstić information content (AvgIpc) is 2.97. The number of alkyl halides is 4. The predicted octanol–water partition coefficient (Wildman–Crippen LogP) is 3.23. The highest BCUT2D eigenvalue weighted by atomic mass is 19.3. The number of carboxylic acid groups (broad SMARTS) is 1. The van der Waals surface area contributed by atoms with Crippen LogP contribution in [0.4, 0.5) is 22.4 Å². The minimum Gasteiger partial charge on any atom is -0.465 e. The molecule has 1 aliphatic carbocycles. The lowest BCUT2D eigenvalue weighted by Gasteiger charge is -2.30. The van der Waals surface area contributed by atoms with Gasteiger partial charge in [0, 0.05) is 30.9 Å². The fraction of sp³-hybridized carbons (Fsp3) is 0.500. The van der Waals surface area contributed by atoms with Gasteiger partial charge in [-0.3, -0.25) is 0 Å². The van der Waals surface area contributed by atoms with E-state index in [1.807, 2.05) is 0 Å². The van der Waals surface area contributed by atoms with Gasteiger partial charge in [-0.05, 0) is 18.9 Å². The summed E-state index contributed by atoms with van der Waals surface area (Å²) in [5.74, 6) is -5.10. The zero-order valence-electron chi connectivity index (χ0n) is 14.2. The van der Waals surface area contributed by atoms with E-state index in [1.54, 1.807) is 0 Å². The Labute approximate surface area is 155 Å². The number of hydrogen-bond donors (Lipinski definition) is 1. The van der Waals surface area contributed by atoms with Crippen LogP contribution in [0.25, 0.3) is 11.4 Å². The summed E-state index contributed by atoms with van der Waals surface area (Å²) in [6.45, 7) is -3.06. The van der Waals surface area contributed by atoms with Gasteiger partial charge < -0.3 is 19.3 Å². The van der Waals surface area contributed by atoms with Gasteiger partial charge in [0.05, 0.1) is 5.41 Å². The van der Waals surface area contributed by atoms with Crippen LogP contribution in [0, 0.1) is 5.41 Å². The molecule has 1 amide bonds. The molecule has 1 aliphatic heterocycles. The van der Waals surface area contributed by atoms with E-state index in [0.717, 1.165) is 11.0 Å². The third-order valence-corrected chi connectivity index (χ3v) is 5.31. The van der Waals surface area contributed by atoms with Crippen LogP contribution in [-0.4, -0.2) is 56.8 Å². The molecule has 12 heteroatoms. The summed E-state index contributed by atoms with van der Waals surface area (Å²) in [5, 5.41) is 12.6. The molecule has 0 aromatic carbocycles. The summed E-state index contributed by atoms with van der Waals surface area (Å²) in [5.41, 5.74) is -1.19. The average molecular weight is 402 g/mol. The molecule has 4 rings (SSSR count). The Bertz CT molecular complexity index is 898. The smallest absolute Gasteiger partial charge is 0.407 e. The molecule has 1 N–H and O–H groups in total. The normalized spacial score (nSPS) is 22.5. The maximum atomic E-state index is 14.6. The van der Waals surface area contributed by atoms with E-state index in [9.17, 15) is 22.4 Å². The van der Waals surface area contributed by atoms with Crippen LogP contribution in [0.15, 0.2) is 22.9 Å². The Morgan fingerprint density at radius 2 is 2.07 bits per heavy atom. The number of carbonyl (C=O) groups is 1. The quantitative estimate of drug-likeness (QED) is 0.784. The number of pyridine rings is 1. The molecule has 2 aromatic heterocycles. The molecule has 1 atom stereocenters. The second kappa shape index (κ2) is 6.31. The second-order valence-corrected chi connectivity index (χ2v) is 6.70. The van der Waals surface area contributed by atoms with Gasteiger partial charge in [0.2, 0.25) is 17.6 Å². The van der Waals surface area contributed by atoms with E-state index in [2.05, 4.69) is 19.9 Å². The third-order valence-electron chi connectivity index (χ3n) is 5.31. The van der Waals surface area contributed by atoms with Gasteiger partial charge >= 0.3 is 12.7 Å². The Balaban J connectivity index is 1.54. The van der Waals surface area contributed by atoms with E-state index in [4.69, 9.17) is 9.63 Å². The second-order valence-electron chi connectivity index (χ2n) is 6.70. The van der Waals surface area contributed by atoms with Crippen LogP contribution in [0.2, 0.25) is 0 Å². The van der Waals surface area contributed by atoms with Crippen molar-refractivity contribution in [3.05, 3.63) is 24.2 Å². The molecule has 28 heavy (non-hydrogen) atoms. The zero-order chi connectivity index (χ0) is 20.1.